The first-order valence-corrected chi connectivity index (χ1v) is 6.48. The van der Waals surface area contributed by atoms with Crippen LogP contribution in [-0.2, 0) is 0 Å². The first kappa shape index (κ1) is 16.9. The topological polar surface area (TPSA) is 111 Å². The molecule has 0 aliphatic heterocycles. The van der Waals surface area contributed by atoms with Gasteiger partial charge in [0.2, 0.25) is 0 Å². The van der Waals surface area contributed by atoms with E-state index >= 15 is 0 Å². The molecule has 2 aromatic carbocycles. The Hall–Kier alpha value is -3.43. The van der Waals surface area contributed by atoms with Crippen LogP contribution in [0, 0.1) is 31.9 Å². The van der Waals surface area contributed by atoms with Gasteiger partial charge in [0.1, 0.15) is 5.69 Å². The maximum atomic E-state index is 13.2. The number of benzene rings is 2. The van der Waals surface area contributed by atoms with Crippen LogP contribution < -0.4 is 5.43 Å². The second kappa shape index (κ2) is 6.77. The highest BCUT2D eigenvalue weighted by Gasteiger charge is 2.19. The molecule has 0 atom stereocenters. The number of anilines is 1. The van der Waals surface area contributed by atoms with Gasteiger partial charge in [-0.05, 0) is 31.2 Å². The van der Waals surface area contributed by atoms with E-state index in [1.807, 2.05) is 0 Å². The Labute approximate surface area is 133 Å². The second-order valence-corrected chi connectivity index (χ2v) is 4.65. The third kappa shape index (κ3) is 3.66. The fourth-order valence-electron chi connectivity index (χ4n) is 1.81. The molecule has 124 valence electrons. The summed E-state index contributed by atoms with van der Waals surface area (Å²) in [6.07, 6.45) is 0. The molecular weight excluding hydrogens is 326 g/mol. The monoisotopic (exact) mass is 336 g/mol. The Kier molecular flexibility index (Phi) is 4.78. The van der Waals surface area contributed by atoms with Crippen LogP contribution in [-0.4, -0.2) is 15.6 Å². The average molecular weight is 336 g/mol. The number of rotatable bonds is 5. The van der Waals surface area contributed by atoms with Crippen molar-refractivity contribution in [3.8, 4) is 0 Å². The van der Waals surface area contributed by atoms with Crippen molar-refractivity contribution < 1.29 is 18.6 Å². The van der Waals surface area contributed by atoms with E-state index in [1.165, 1.54) is 13.0 Å². The molecule has 1 N–H and O–H groups in total. The van der Waals surface area contributed by atoms with Gasteiger partial charge < -0.3 is 0 Å². The Morgan fingerprint density at radius 3 is 2.33 bits per heavy atom. The van der Waals surface area contributed by atoms with E-state index in [4.69, 9.17) is 0 Å². The van der Waals surface area contributed by atoms with E-state index in [9.17, 15) is 29.0 Å². The predicted molar refractivity (Wildman–Crippen MR) is 81.9 cm³/mol. The maximum Gasteiger partial charge on any atom is 0.301 e. The maximum absolute atomic E-state index is 13.2. The third-order valence-electron chi connectivity index (χ3n) is 3.07. The van der Waals surface area contributed by atoms with Gasteiger partial charge in [-0.2, -0.15) is 5.10 Å². The van der Waals surface area contributed by atoms with E-state index in [1.54, 1.807) is 0 Å². The molecule has 0 saturated carbocycles. The molecule has 0 bridgehead atoms. The highest BCUT2D eigenvalue weighted by molar-refractivity contribution is 5.99. The molecular formula is C14H10F2N4O4. The molecule has 0 spiro atoms. The van der Waals surface area contributed by atoms with Gasteiger partial charge in [-0.15, -0.1) is 0 Å². The van der Waals surface area contributed by atoms with Crippen molar-refractivity contribution in [2.75, 3.05) is 5.43 Å². The summed E-state index contributed by atoms with van der Waals surface area (Å²) in [6.45, 7) is 1.48. The summed E-state index contributed by atoms with van der Waals surface area (Å²) in [6, 6.07) is 6.17. The van der Waals surface area contributed by atoms with E-state index in [2.05, 4.69) is 10.5 Å². The lowest BCUT2D eigenvalue weighted by atomic mass is 10.1. The Morgan fingerprint density at radius 2 is 1.75 bits per heavy atom. The largest absolute Gasteiger partial charge is 0.301 e. The van der Waals surface area contributed by atoms with Gasteiger partial charge in [0.05, 0.1) is 21.6 Å². The molecule has 2 rings (SSSR count). The van der Waals surface area contributed by atoms with Crippen molar-refractivity contribution in [2.24, 2.45) is 5.10 Å². The number of hydrogen-bond acceptors (Lipinski definition) is 6. The minimum absolute atomic E-state index is 0.0764. The van der Waals surface area contributed by atoms with Gasteiger partial charge in [0, 0.05) is 11.6 Å². The van der Waals surface area contributed by atoms with Crippen molar-refractivity contribution >= 4 is 22.8 Å². The van der Waals surface area contributed by atoms with Crippen molar-refractivity contribution in [3.05, 3.63) is 73.8 Å². The molecule has 0 radical (unpaired) electrons. The highest BCUT2D eigenvalue weighted by atomic mass is 19.2. The fraction of sp³-hybridized carbons (Fsp3) is 0.0714. The first-order valence-electron chi connectivity index (χ1n) is 6.48. The van der Waals surface area contributed by atoms with Crippen LogP contribution in [0.15, 0.2) is 41.5 Å². The highest BCUT2D eigenvalue weighted by Crippen LogP contribution is 2.29. The zero-order valence-corrected chi connectivity index (χ0v) is 12.2. The van der Waals surface area contributed by atoms with Crippen LogP contribution in [0.2, 0.25) is 0 Å². The summed E-state index contributed by atoms with van der Waals surface area (Å²) >= 11 is 0. The van der Waals surface area contributed by atoms with Crippen LogP contribution in [0.25, 0.3) is 0 Å². The van der Waals surface area contributed by atoms with E-state index in [0.29, 0.717) is 0 Å². The number of non-ortho nitro benzene ring substituents is 1. The smallest absolute Gasteiger partial charge is 0.271 e. The second-order valence-electron chi connectivity index (χ2n) is 4.65. The number of nitrogens with zero attached hydrogens (tertiary/aromatic N) is 3. The van der Waals surface area contributed by atoms with E-state index < -0.39 is 32.9 Å². The quantitative estimate of drug-likeness (QED) is 0.509. The molecule has 0 aliphatic carbocycles. The lowest BCUT2D eigenvalue weighted by Crippen LogP contribution is -2.03. The number of halogens is 2. The zero-order valence-electron chi connectivity index (χ0n) is 12.2. The Bertz CT molecular complexity index is 855. The van der Waals surface area contributed by atoms with Crippen LogP contribution in [0.1, 0.15) is 12.5 Å². The first-order chi connectivity index (χ1) is 11.3. The summed E-state index contributed by atoms with van der Waals surface area (Å²) in [5, 5.41) is 25.5. The van der Waals surface area contributed by atoms with Gasteiger partial charge in [-0.25, -0.2) is 8.78 Å². The molecule has 0 amide bonds. The van der Waals surface area contributed by atoms with Crippen molar-refractivity contribution in [3.63, 3.8) is 0 Å². The number of nitro groups is 2. The summed E-state index contributed by atoms with van der Waals surface area (Å²) in [5.41, 5.74) is 1.86. The fourth-order valence-corrected chi connectivity index (χ4v) is 1.81. The van der Waals surface area contributed by atoms with E-state index in [0.717, 1.165) is 30.3 Å². The van der Waals surface area contributed by atoms with Gasteiger partial charge in [-0.3, -0.25) is 25.7 Å². The van der Waals surface area contributed by atoms with Gasteiger partial charge in [0.25, 0.3) is 5.69 Å². The number of nitro benzene ring substituents is 2. The Morgan fingerprint density at radius 1 is 1.04 bits per heavy atom. The van der Waals surface area contributed by atoms with Gasteiger partial charge in [-0.1, -0.05) is 0 Å². The summed E-state index contributed by atoms with van der Waals surface area (Å²) in [7, 11) is 0. The molecule has 10 heteroatoms. The van der Waals surface area contributed by atoms with Crippen LogP contribution in [0.5, 0.6) is 0 Å². The Balaban J connectivity index is 2.31. The van der Waals surface area contributed by atoms with E-state index in [-0.39, 0.29) is 17.0 Å². The molecule has 2 aromatic rings. The van der Waals surface area contributed by atoms with Crippen LogP contribution >= 0.6 is 0 Å². The minimum atomic E-state index is -1.05. The summed E-state index contributed by atoms with van der Waals surface area (Å²) < 4.78 is 26.1. The summed E-state index contributed by atoms with van der Waals surface area (Å²) in [5.74, 6) is -2.06. The number of hydrogen-bond donors (Lipinski definition) is 1. The summed E-state index contributed by atoms with van der Waals surface area (Å²) in [4.78, 5) is 20.1. The van der Waals surface area contributed by atoms with Crippen LogP contribution in [0.3, 0.4) is 0 Å². The minimum Gasteiger partial charge on any atom is -0.271 e. The molecule has 0 aliphatic rings. The van der Waals surface area contributed by atoms with Crippen molar-refractivity contribution in [2.45, 2.75) is 6.92 Å². The number of nitrogens with one attached hydrogen (secondary N) is 1. The molecule has 8 nitrogen and oxygen atoms in total. The van der Waals surface area contributed by atoms with Gasteiger partial charge >= 0.3 is 5.69 Å². The lowest BCUT2D eigenvalue weighted by Gasteiger charge is -2.05. The zero-order chi connectivity index (χ0) is 17.9. The van der Waals surface area contributed by atoms with Crippen LogP contribution in [0.4, 0.5) is 25.8 Å². The molecule has 24 heavy (non-hydrogen) atoms. The lowest BCUT2D eigenvalue weighted by molar-refractivity contribution is -0.393. The molecule has 0 fully saturated rings. The van der Waals surface area contributed by atoms with Gasteiger partial charge in [0.15, 0.2) is 11.6 Å². The average Bonchev–Trinajstić information content (AvgIpc) is 2.54. The number of hydrazone groups is 1. The molecule has 0 unspecified atom stereocenters. The molecule has 0 aromatic heterocycles. The molecule has 0 saturated heterocycles. The molecule has 0 heterocycles. The SMILES string of the molecule is C/C(=N\Nc1ccc([N+](=O)[O-])cc1[N+](=O)[O-])c1ccc(F)c(F)c1. The normalized spacial score (nSPS) is 11.2. The van der Waals surface area contributed by atoms with Crippen molar-refractivity contribution in [1.82, 2.24) is 0 Å². The van der Waals surface area contributed by atoms with Crippen molar-refractivity contribution in [1.29, 1.82) is 0 Å². The standard InChI is InChI=1S/C14H10F2N4O4/c1-8(9-2-4-11(15)12(16)6-9)17-18-13-5-3-10(19(21)22)7-14(13)20(23)24/h2-7,18H,1H3/b17-8+. The predicted octanol–water partition coefficient (Wildman–Crippen LogP) is 3.62. The third-order valence-corrected chi connectivity index (χ3v) is 3.07.